The molecule has 1 heterocycles. The van der Waals surface area contributed by atoms with Crippen LogP contribution in [-0.2, 0) is 4.79 Å². The third-order valence-corrected chi connectivity index (χ3v) is 3.37. The highest BCUT2D eigenvalue weighted by molar-refractivity contribution is 5.74. The molecule has 1 saturated heterocycles. The number of nitrogens with one attached hydrogen (secondary N) is 1. The second-order valence-electron chi connectivity index (χ2n) is 5.59. The molecule has 0 aromatic heterocycles. The van der Waals surface area contributed by atoms with Gasteiger partial charge >= 0.3 is 0 Å². The van der Waals surface area contributed by atoms with E-state index in [0.29, 0.717) is 12.5 Å². The zero-order chi connectivity index (χ0) is 13.5. The number of likely N-dealkylation sites (tertiary alicyclic amines) is 1. The average molecular weight is 253 g/mol. The molecule has 4 heteroatoms. The molecule has 4 nitrogen and oxygen atoms in total. The number of hydrogen-bond acceptors (Lipinski definition) is 3. The van der Waals surface area contributed by atoms with Crippen molar-refractivity contribution in [1.82, 2.24) is 10.2 Å². The van der Waals surface area contributed by atoms with Crippen molar-refractivity contribution in [3.05, 3.63) is 11.6 Å². The van der Waals surface area contributed by atoms with Crippen LogP contribution in [0.5, 0.6) is 0 Å². The van der Waals surface area contributed by atoms with Gasteiger partial charge in [-0.3, -0.25) is 9.69 Å². The van der Waals surface area contributed by atoms with Crippen molar-refractivity contribution in [1.29, 1.82) is 0 Å². The molecule has 0 spiro atoms. The van der Waals surface area contributed by atoms with Crippen molar-refractivity contribution in [2.24, 2.45) is 5.73 Å². The third-order valence-electron chi connectivity index (χ3n) is 3.37. The smallest absolute Gasteiger partial charge is 0.218 e. The van der Waals surface area contributed by atoms with Crippen molar-refractivity contribution in [3.63, 3.8) is 0 Å². The van der Waals surface area contributed by atoms with E-state index < -0.39 is 0 Å². The number of nitrogens with two attached hydrogens (primary N) is 1. The maximum absolute atomic E-state index is 10.8. The Morgan fingerprint density at radius 2 is 2.06 bits per heavy atom. The molecule has 104 valence electrons. The number of allylic oxidation sites excluding steroid dienone is 1. The Morgan fingerprint density at radius 1 is 1.44 bits per heavy atom. The number of hydrogen-bond donors (Lipinski definition) is 2. The van der Waals surface area contributed by atoms with Crippen LogP contribution < -0.4 is 11.1 Å². The van der Waals surface area contributed by atoms with Gasteiger partial charge in [-0.1, -0.05) is 11.6 Å². The Morgan fingerprint density at radius 3 is 2.56 bits per heavy atom. The zero-order valence-electron chi connectivity index (χ0n) is 11.9. The Bertz CT molecular complexity index is 289. The number of nitrogens with zero attached hydrogens (tertiary/aromatic N) is 1. The summed E-state index contributed by atoms with van der Waals surface area (Å²) in [5, 5.41) is 3.49. The summed E-state index contributed by atoms with van der Waals surface area (Å²) >= 11 is 0. The summed E-state index contributed by atoms with van der Waals surface area (Å²) in [4.78, 5) is 13.3. The Kier molecular flexibility index (Phi) is 6.36. The number of carbonyl (C=O) groups excluding carboxylic acids is 1. The van der Waals surface area contributed by atoms with Crippen molar-refractivity contribution in [3.8, 4) is 0 Å². The van der Waals surface area contributed by atoms with E-state index in [1.54, 1.807) is 0 Å². The SMILES string of the molecule is CC(C)=CCN1CCC(NC(C)CC(N)=O)CC1. The third kappa shape index (κ3) is 6.17. The van der Waals surface area contributed by atoms with Gasteiger partial charge < -0.3 is 11.1 Å². The minimum absolute atomic E-state index is 0.192. The summed E-state index contributed by atoms with van der Waals surface area (Å²) < 4.78 is 0. The van der Waals surface area contributed by atoms with Gasteiger partial charge in [0.25, 0.3) is 0 Å². The average Bonchev–Trinajstić information content (AvgIpc) is 2.26. The lowest BCUT2D eigenvalue weighted by atomic mass is 10.0. The molecular formula is C14H27N3O. The standard InChI is InChI=1S/C14H27N3O/c1-11(2)4-7-17-8-5-13(6-9-17)16-12(3)10-14(15)18/h4,12-13,16H,5-10H2,1-3H3,(H2,15,18). The van der Waals surface area contributed by atoms with E-state index in [1.165, 1.54) is 5.57 Å². The number of primary amides is 1. The number of rotatable bonds is 6. The summed E-state index contributed by atoms with van der Waals surface area (Å²) in [6.45, 7) is 9.63. The van der Waals surface area contributed by atoms with Crippen molar-refractivity contribution >= 4 is 5.91 Å². The van der Waals surface area contributed by atoms with Gasteiger partial charge in [-0.2, -0.15) is 0 Å². The lowest BCUT2D eigenvalue weighted by Gasteiger charge is -2.33. The van der Waals surface area contributed by atoms with Gasteiger partial charge in [0.2, 0.25) is 5.91 Å². The minimum atomic E-state index is -0.226. The first-order chi connectivity index (χ1) is 8.47. The van der Waals surface area contributed by atoms with Crippen LogP contribution in [0.3, 0.4) is 0 Å². The first-order valence-corrected chi connectivity index (χ1v) is 6.87. The first kappa shape index (κ1) is 15.2. The summed E-state index contributed by atoms with van der Waals surface area (Å²) in [6.07, 6.45) is 5.01. The molecule has 18 heavy (non-hydrogen) atoms. The summed E-state index contributed by atoms with van der Waals surface area (Å²) in [7, 11) is 0. The van der Waals surface area contributed by atoms with Crippen LogP contribution in [0.4, 0.5) is 0 Å². The summed E-state index contributed by atoms with van der Waals surface area (Å²) in [6, 6.07) is 0.721. The normalized spacial score (nSPS) is 19.5. The molecule has 0 aromatic rings. The lowest BCUT2D eigenvalue weighted by molar-refractivity contribution is -0.118. The molecule has 1 aliphatic rings. The molecule has 0 saturated carbocycles. The molecule has 0 bridgehead atoms. The molecule has 0 aromatic carbocycles. The second kappa shape index (κ2) is 7.54. The molecule has 3 N–H and O–H groups in total. The predicted molar refractivity (Wildman–Crippen MR) is 75.3 cm³/mol. The summed E-state index contributed by atoms with van der Waals surface area (Å²) in [5.41, 5.74) is 6.57. The molecule has 0 radical (unpaired) electrons. The van der Waals surface area contributed by atoms with Crippen molar-refractivity contribution in [2.75, 3.05) is 19.6 Å². The van der Waals surface area contributed by atoms with E-state index in [1.807, 2.05) is 6.92 Å². The molecule has 1 unspecified atom stereocenters. The predicted octanol–water partition coefficient (Wildman–Crippen LogP) is 1.27. The molecule has 1 rings (SSSR count). The van der Waals surface area contributed by atoms with E-state index in [-0.39, 0.29) is 11.9 Å². The fourth-order valence-electron chi connectivity index (χ4n) is 2.36. The van der Waals surface area contributed by atoms with Gasteiger partial charge in [-0.05, 0) is 46.7 Å². The van der Waals surface area contributed by atoms with Crippen molar-refractivity contribution in [2.45, 2.75) is 52.1 Å². The van der Waals surface area contributed by atoms with E-state index in [0.717, 1.165) is 32.5 Å². The van der Waals surface area contributed by atoms with Gasteiger partial charge in [0.15, 0.2) is 0 Å². The maximum atomic E-state index is 10.8. The fourth-order valence-corrected chi connectivity index (χ4v) is 2.36. The molecule has 1 atom stereocenters. The Labute approximate surface area is 111 Å². The molecular weight excluding hydrogens is 226 g/mol. The molecule has 1 fully saturated rings. The van der Waals surface area contributed by atoms with Crippen LogP contribution in [0.2, 0.25) is 0 Å². The van der Waals surface area contributed by atoms with Gasteiger partial charge in [0.05, 0.1) is 0 Å². The fraction of sp³-hybridized carbons (Fsp3) is 0.786. The highest BCUT2D eigenvalue weighted by Gasteiger charge is 2.20. The monoisotopic (exact) mass is 253 g/mol. The van der Waals surface area contributed by atoms with Crippen molar-refractivity contribution < 1.29 is 4.79 Å². The van der Waals surface area contributed by atoms with E-state index in [9.17, 15) is 4.79 Å². The molecule has 1 aliphatic heterocycles. The van der Waals surface area contributed by atoms with Gasteiger partial charge in [0.1, 0.15) is 0 Å². The van der Waals surface area contributed by atoms with Crippen LogP contribution in [0.1, 0.15) is 40.0 Å². The van der Waals surface area contributed by atoms with Crippen LogP contribution in [0, 0.1) is 0 Å². The van der Waals surface area contributed by atoms with Crippen LogP contribution >= 0.6 is 0 Å². The van der Waals surface area contributed by atoms with E-state index in [2.05, 4.69) is 30.1 Å². The Hall–Kier alpha value is -0.870. The van der Waals surface area contributed by atoms with Gasteiger partial charge in [-0.25, -0.2) is 0 Å². The number of carbonyl (C=O) groups is 1. The molecule has 0 aliphatic carbocycles. The highest BCUT2D eigenvalue weighted by atomic mass is 16.1. The largest absolute Gasteiger partial charge is 0.370 e. The van der Waals surface area contributed by atoms with Crippen LogP contribution in [0.25, 0.3) is 0 Å². The van der Waals surface area contributed by atoms with Crippen LogP contribution in [-0.4, -0.2) is 42.5 Å². The van der Waals surface area contributed by atoms with E-state index >= 15 is 0 Å². The zero-order valence-corrected chi connectivity index (χ0v) is 11.9. The number of amides is 1. The Balaban J connectivity index is 2.22. The van der Waals surface area contributed by atoms with E-state index in [4.69, 9.17) is 5.73 Å². The first-order valence-electron chi connectivity index (χ1n) is 6.87. The summed E-state index contributed by atoms with van der Waals surface area (Å²) in [5.74, 6) is -0.226. The number of piperidine rings is 1. The van der Waals surface area contributed by atoms with Gasteiger partial charge in [0, 0.05) is 25.0 Å². The maximum Gasteiger partial charge on any atom is 0.218 e. The second-order valence-corrected chi connectivity index (χ2v) is 5.59. The highest BCUT2D eigenvalue weighted by Crippen LogP contribution is 2.11. The quantitative estimate of drug-likeness (QED) is 0.701. The van der Waals surface area contributed by atoms with Gasteiger partial charge in [-0.15, -0.1) is 0 Å². The lowest BCUT2D eigenvalue weighted by Crippen LogP contribution is -2.46. The van der Waals surface area contributed by atoms with Crippen LogP contribution in [0.15, 0.2) is 11.6 Å². The molecule has 1 amide bonds. The topological polar surface area (TPSA) is 58.4 Å². The minimum Gasteiger partial charge on any atom is -0.370 e.